The zero-order valence-corrected chi connectivity index (χ0v) is 17.6. The van der Waals surface area contributed by atoms with Crippen LogP contribution in [0.1, 0.15) is 32.9 Å². The van der Waals surface area contributed by atoms with E-state index in [-0.39, 0.29) is 23.7 Å². The van der Waals surface area contributed by atoms with Gasteiger partial charge in [0.2, 0.25) is 0 Å². The topological polar surface area (TPSA) is 68.6 Å². The summed E-state index contributed by atoms with van der Waals surface area (Å²) in [5, 5.41) is -0.288. The molecule has 150 valence electrons. The maximum atomic E-state index is 12.5. The third-order valence-electron chi connectivity index (χ3n) is 4.80. The highest BCUT2D eigenvalue weighted by atomic mass is 32.2. The van der Waals surface area contributed by atoms with Gasteiger partial charge in [0.15, 0.2) is 0 Å². The van der Waals surface area contributed by atoms with Crippen molar-refractivity contribution in [2.45, 2.75) is 20.8 Å². The van der Waals surface area contributed by atoms with E-state index in [4.69, 9.17) is 4.74 Å². The number of hydrogen-bond acceptors (Lipinski definition) is 5. The van der Waals surface area contributed by atoms with Crippen molar-refractivity contribution in [3.8, 4) is 5.69 Å². The van der Waals surface area contributed by atoms with E-state index >= 15 is 0 Å². The third kappa shape index (κ3) is 3.78. The Morgan fingerprint density at radius 2 is 1.93 bits per heavy atom. The molecule has 0 radical (unpaired) electrons. The minimum atomic E-state index is -0.378. The van der Waals surface area contributed by atoms with E-state index in [2.05, 4.69) is 11.1 Å². The molecule has 0 spiro atoms. The Kier molecular flexibility index (Phi) is 5.79. The van der Waals surface area contributed by atoms with Gasteiger partial charge in [0.05, 0.1) is 17.6 Å². The van der Waals surface area contributed by atoms with Crippen LogP contribution in [-0.4, -0.2) is 40.2 Å². The van der Waals surface area contributed by atoms with Gasteiger partial charge in [0, 0.05) is 23.6 Å². The first-order valence-electron chi connectivity index (χ1n) is 9.03. The molecule has 6 nitrogen and oxygen atoms in total. The fourth-order valence-corrected chi connectivity index (χ4v) is 4.22. The maximum Gasteiger partial charge on any atom is 0.337 e. The number of carbonyl (C=O) groups is 3. The molecule has 1 aliphatic heterocycles. The number of hydrogen-bond donors (Lipinski definition) is 0. The van der Waals surface area contributed by atoms with Gasteiger partial charge in [0.1, 0.15) is 0 Å². The van der Waals surface area contributed by atoms with Crippen LogP contribution in [0, 0.1) is 20.8 Å². The summed E-state index contributed by atoms with van der Waals surface area (Å²) in [6, 6.07) is 7.38. The first-order valence-corrected chi connectivity index (χ1v) is 9.84. The number of amides is 2. The summed E-state index contributed by atoms with van der Waals surface area (Å²) in [6.07, 6.45) is 3.29. The Bertz CT molecular complexity index is 1070. The molecule has 1 aromatic carbocycles. The average Bonchev–Trinajstić information content (AvgIpc) is 3.11. The fraction of sp³-hybridized carbons (Fsp3) is 0.227. The second-order valence-electron chi connectivity index (χ2n) is 6.74. The largest absolute Gasteiger partial charge is 0.465 e. The number of ether oxygens (including phenoxy) is 1. The van der Waals surface area contributed by atoms with Crippen LogP contribution in [0.15, 0.2) is 41.8 Å². The first-order chi connectivity index (χ1) is 13.8. The van der Waals surface area contributed by atoms with Gasteiger partial charge in [-0.3, -0.25) is 14.5 Å². The lowest BCUT2D eigenvalue weighted by Crippen LogP contribution is -2.27. The number of aromatic nitrogens is 1. The fourth-order valence-electron chi connectivity index (χ4n) is 3.38. The smallest absolute Gasteiger partial charge is 0.337 e. The minimum absolute atomic E-state index is 0.201. The molecule has 2 aromatic rings. The number of thioether (sulfide) groups is 1. The van der Waals surface area contributed by atoms with E-state index in [0.29, 0.717) is 10.5 Å². The summed E-state index contributed by atoms with van der Waals surface area (Å²) in [5.74, 6) is -0.681. The van der Waals surface area contributed by atoms with Crippen molar-refractivity contribution < 1.29 is 19.1 Å². The molecule has 0 unspecified atom stereocenters. The lowest BCUT2D eigenvalue weighted by Gasteiger charge is -2.14. The predicted octanol–water partition coefficient (Wildman–Crippen LogP) is 4.41. The van der Waals surface area contributed by atoms with E-state index in [9.17, 15) is 14.4 Å². The summed E-state index contributed by atoms with van der Waals surface area (Å²) in [4.78, 5) is 37.9. The van der Waals surface area contributed by atoms with E-state index in [1.807, 2.05) is 32.9 Å². The van der Waals surface area contributed by atoms with Gasteiger partial charge in [0.25, 0.3) is 11.1 Å². The number of rotatable bonds is 5. The Morgan fingerprint density at radius 3 is 2.55 bits per heavy atom. The van der Waals surface area contributed by atoms with Crippen molar-refractivity contribution in [2.75, 3.05) is 13.7 Å². The molecule has 7 heteroatoms. The van der Waals surface area contributed by atoms with Crippen molar-refractivity contribution in [3.05, 3.63) is 69.9 Å². The molecular weight excluding hydrogens is 388 g/mol. The highest BCUT2D eigenvalue weighted by Gasteiger charge is 2.34. The number of nitrogens with zero attached hydrogens (tertiary/aromatic N) is 2. The minimum Gasteiger partial charge on any atom is -0.465 e. The molecule has 29 heavy (non-hydrogen) atoms. The standard InChI is InChI=1S/C22H22N2O4S/c1-6-9-23-20(25)19(29-22(23)27)12-17-11-14(3)24(15(17)4)18-8-7-16(10-13(18)2)21(26)28-5/h6-8,10-12H,1,9H2,2-5H3/b19-12+. The number of aryl methyl sites for hydroxylation is 2. The molecule has 0 atom stereocenters. The maximum absolute atomic E-state index is 12.5. The van der Waals surface area contributed by atoms with Crippen molar-refractivity contribution in [3.63, 3.8) is 0 Å². The van der Waals surface area contributed by atoms with Crippen LogP contribution in [0.3, 0.4) is 0 Å². The molecule has 2 amide bonds. The van der Waals surface area contributed by atoms with Gasteiger partial charge in [-0.2, -0.15) is 0 Å². The Labute approximate surface area is 173 Å². The highest BCUT2D eigenvalue weighted by Crippen LogP contribution is 2.34. The van der Waals surface area contributed by atoms with Crippen molar-refractivity contribution in [1.82, 2.24) is 9.47 Å². The lowest BCUT2D eigenvalue weighted by molar-refractivity contribution is -0.122. The number of imide groups is 1. The summed E-state index contributed by atoms with van der Waals surface area (Å²) >= 11 is 0.937. The molecule has 3 rings (SSSR count). The van der Waals surface area contributed by atoms with Crippen LogP contribution in [0.25, 0.3) is 11.8 Å². The summed E-state index contributed by atoms with van der Waals surface area (Å²) in [6.45, 7) is 9.65. The average molecular weight is 410 g/mol. The highest BCUT2D eigenvalue weighted by molar-refractivity contribution is 8.18. The van der Waals surface area contributed by atoms with Crippen LogP contribution in [0.2, 0.25) is 0 Å². The van der Waals surface area contributed by atoms with Crippen molar-refractivity contribution in [2.24, 2.45) is 0 Å². The number of methoxy groups -OCH3 is 1. The van der Waals surface area contributed by atoms with E-state index in [1.165, 1.54) is 18.1 Å². The van der Waals surface area contributed by atoms with Crippen LogP contribution in [0.4, 0.5) is 4.79 Å². The summed E-state index contributed by atoms with van der Waals surface area (Å²) in [7, 11) is 1.36. The Balaban J connectivity index is 2.00. The normalized spacial score (nSPS) is 15.3. The molecule has 1 aliphatic rings. The zero-order chi connectivity index (χ0) is 21.3. The molecule has 1 fully saturated rings. The Morgan fingerprint density at radius 1 is 1.21 bits per heavy atom. The number of carbonyl (C=O) groups excluding carboxylic acids is 3. The molecule has 0 aliphatic carbocycles. The van der Waals surface area contributed by atoms with E-state index in [0.717, 1.165) is 40.0 Å². The van der Waals surface area contributed by atoms with Crippen LogP contribution in [0.5, 0.6) is 0 Å². The molecular formula is C22H22N2O4S. The first kappa shape index (κ1) is 20.7. The third-order valence-corrected chi connectivity index (χ3v) is 5.71. The van der Waals surface area contributed by atoms with Crippen molar-refractivity contribution >= 4 is 35.0 Å². The lowest BCUT2D eigenvalue weighted by atomic mass is 10.1. The molecule has 0 bridgehead atoms. The molecule has 2 heterocycles. The second-order valence-corrected chi connectivity index (χ2v) is 7.73. The van der Waals surface area contributed by atoms with E-state index < -0.39 is 0 Å². The Hall–Kier alpha value is -3.06. The van der Waals surface area contributed by atoms with Gasteiger partial charge in [-0.05, 0) is 74.0 Å². The zero-order valence-electron chi connectivity index (χ0n) is 16.8. The van der Waals surface area contributed by atoms with Gasteiger partial charge in [-0.25, -0.2) is 4.79 Å². The summed E-state index contributed by atoms with van der Waals surface area (Å²) in [5.41, 5.74) is 5.13. The van der Waals surface area contributed by atoms with Crippen molar-refractivity contribution in [1.29, 1.82) is 0 Å². The van der Waals surface area contributed by atoms with Crippen LogP contribution >= 0.6 is 11.8 Å². The number of benzene rings is 1. The monoisotopic (exact) mass is 410 g/mol. The van der Waals surface area contributed by atoms with Crippen LogP contribution in [-0.2, 0) is 9.53 Å². The summed E-state index contributed by atoms with van der Waals surface area (Å²) < 4.78 is 6.85. The SMILES string of the molecule is C=CCN1C(=O)S/C(=C/c2cc(C)n(-c3ccc(C(=O)OC)cc3C)c2C)C1=O. The van der Waals surface area contributed by atoms with Gasteiger partial charge in [-0.15, -0.1) is 6.58 Å². The molecule has 0 saturated carbocycles. The van der Waals surface area contributed by atoms with E-state index in [1.54, 1.807) is 18.2 Å². The van der Waals surface area contributed by atoms with Gasteiger partial charge >= 0.3 is 5.97 Å². The second kappa shape index (κ2) is 8.13. The van der Waals surface area contributed by atoms with Crippen LogP contribution < -0.4 is 0 Å². The predicted molar refractivity (Wildman–Crippen MR) is 114 cm³/mol. The molecule has 1 aromatic heterocycles. The van der Waals surface area contributed by atoms with Gasteiger partial charge in [-0.1, -0.05) is 6.08 Å². The van der Waals surface area contributed by atoms with Gasteiger partial charge < -0.3 is 9.30 Å². The molecule has 0 N–H and O–H groups in total. The quantitative estimate of drug-likeness (QED) is 0.415. The molecule has 1 saturated heterocycles. The number of esters is 1.